The molecule has 0 spiro atoms. The molecule has 2 aromatic rings. The van der Waals surface area contributed by atoms with Crippen molar-refractivity contribution in [1.29, 1.82) is 0 Å². The van der Waals surface area contributed by atoms with Crippen LogP contribution in [0.3, 0.4) is 0 Å². The van der Waals surface area contributed by atoms with Gasteiger partial charge in [-0.3, -0.25) is 4.98 Å². The number of pyridine rings is 1. The molecule has 0 radical (unpaired) electrons. The molecule has 0 saturated heterocycles. The Kier molecular flexibility index (Phi) is 4.51. The van der Waals surface area contributed by atoms with Crippen LogP contribution < -0.4 is 4.74 Å². The minimum atomic E-state index is -2.17. The minimum absolute atomic E-state index is 0.0463. The van der Waals surface area contributed by atoms with E-state index < -0.39 is 17.5 Å². The third-order valence-electron chi connectivity index (χ3n) is 3.07. The highest BCUT2D eigenvalue weighted by atomic mass is 35.5. The van der Waals surface area contributed by atoms with Crippen LogP contribution >= 0.6 is 11.6 Å². The van der Waals surface area contributed by atoms with Crippen molar-refractivity contribution in [1.82, 2.24) is 4.98 Å². The fourth-order valence-corrected chi connectivity index (χ4v) is 2.07. The van der Waals surface area contributed by atoms with Crippen molar-refractivity contribution in [2.75, 3.05) is 6.61 Å². The quantitative estimate of drug-likeness (QED) is 0.672. The van der Waals surface area contributed by atoms with Crippen molar-refractivity contribution in [3.63, 3.8) is 0 Å². The summed E-state index contributed by atoms with van der Waals surface area (Å²) in [6.07, 6.45) is 1.52. The van der Waals surface area contributed by atoms with E-state index in [9.17, 15) is 14.7 Å². The van der Waals surface area contributed by atoms with E-state index >= 15 is 0 Å². The summed E-state index contributed by atoms with van der Waals surface area (Å²) in [4.78, 5) is 27.5. The Labute approximate surface area is 131 Å². The Morgan fingerprint density at radius 3 is 2.73 bits per heavy atom. The molecule has 1 atom stereocenters. The van der Waals surface area contributed by atoms with Crippen molar-refractivity contribution in [2.24, 2.45) is 0 Å². The molecule has 1 heterocycles. The first-order valence-corrected chi connectivity index (χ1v) is 6.90. The highest BCUT2D eigenvalue weighted by molar-refractivity contribution is 6.35. The number of fused-ring (bicyclic) bond motifs is 1. The molecule has 6 nitrogen and oxygen atoms in total. The van der Waals surface area contributed by atoms with Crippen LogP contribution in [0.1, 0.15) is 13.8 Å². The van der Waals surface area contributed by atoms with Gasteiger partial charge in [0.25, 0.3) is 5.60 Å². The van der Waals surface area contributed by atoms with Crippen LogP contribution in [0.15, 0.2) is 30.5 Å². The zero-order chi connectivity index (χ0) is 16.3. The highest BCUT2D eigenvalue weighted by Gasteiger charge is 2.46. The smallest absolute Gasteiger partial charge is 0.362 e. The lowest BCUT2D eigenvalue weighted by Gasteiger charge is -2.24. The van der Waals surface area contributed by atoms with E-state index in [1.807, 2.05) is 0 Å². The van der Waals surface area contributed by atoms with Crippen LogP contribution in [0.5, 0.6) is 5.75 Å². The van der Waals surface area contributed by atoms with Gasteiger partial charge in [0.2, 0.25) is 0 Å². The van der Waals surface area contributed by atoms with Crippen LogP contribution in [-0.4, -0.2) is 34.2 Å². The second-order valence-corrected chi connectivity index (χ2v) is 5.01. The molecular weight excluding hydrogens is 310 g/mol. The van der Waals surface area contributed by atoms with E-state index in [1.54, 1.807) is 25.1 Å². The van der Waals surface area contributed by atoms with Crippen molar-refractivity contribution >= 4 is 34.4 Å². The average Bonchev–Trinajstić information content (AvgIpc) is 2.50. The first kappa shape index (κ1) is 16.0. The lowest BCUT2D eigenvalue weighted by molar-refractivity contribution is -0.174. The van der Waals surface area contributed by atoms with Crippen LogP contribution in [0.25, 0.3) is 10.9 Å². The van der Waals surface area contributed by atoms with E-state index in [4.69, 9.17) is 21.1 Å². The maximum atomic E-state index is 11.9. The standard InChI is InChI=1S/C15H14ClNO5/c1-3-21-14(20)15(2,13(18)19)22-11-7-6-10(16)9-5-4-8-17-12(9)11/h4-8H,3H2,1-2H3,(H,18,19). The lowest BCUT2D eigenvalue weighted by Crippen LogP contribution is -2.50. The third kappa shape index (κ3) is 2.82. The molecular formula is C15H14ClNO5. The maximum absolute atomic E-state index is 11.9. The van der Waals surface area contributed by atoms with Crippen molar-refractivity contribution in [3.05, 3.63) is 35.5 Å². The average molecular weight is 324 g/mol. The number of carboxylic acids is 1. The van der Waals surface area contributed by atoms with Crippen molar-refractivity contribution in [2.45, 2.75) is 19.4 Å². The van der Waals surface area contributed by atoms with Crippen molar-refractivity contribution < 1.29 is 24.2 Å². The number of rotatable bonds is 5. The molecule has 1 aromatic carbocycles. The summed E-state index contributed by atoms with van der Waals surface area (Å²) in [5.41, 5.74) is -1.80. The Balaban J connectivity index is 2.50. The van der Waals surface area contributed by atoms with Gasteiger partial charge in [-0.2, -0.15) is 0 Å². The predicted octanol–water partition coefficient (Wildman–Crippen LogP) is 2.67. The summed E-state index contributed by atoms with van der Waals surface area (Å²) < 4.78 is 10.2. The second kappa shape index (κ2) is 6.19. The van der Waals surface area contributed by atoms with Gasteiger partial charge in [-0.05, 0) is 38.1 Å². The SMILES string of the molecule is CCOC(=O)C(C)(Oc1ccc(Cl)c2cccnc12)C(=O)O. The number of ether oxygens (including phenoxy) is 2. The Morgan fingerprint density at radius 1 is 1.36 bits per heavy atom. The summed E-state index contributed by atoms with van der Waals surface area (Å²) in [7, 11) is 0. The molecule has 0 fully saturated rings. The second-order valence-electron chi connectivity index (χ2n) is 4.61. The van der Waals surface area contributed by atoms with Gasteiger partial charge < -0.3 is 14.6 Å². The first-order chi connectivity index (χ1) is 10.4. The lowest BCUT2D eigenvalue weighted by atomic mass is 10.1. The molecule has 1 unspecified atom stereocenters. The predicted molar refractivity (Wildman–Crippen MR) is 80.1 cm³/mol. The zero-order valence-corrected chi connectivity index (χ0v) is 12.8. The number of halogens is 1. The molecule has 0 aliphatic heterocycles. The summed E-state index contributed by atoms with van der Waals surface area (Å²) in [6.45, 7) is 2.76. The topological polar surface area (TPSA) is 85.7 Å². The van der Waals surface area contributed by atoms with Gasteiger partial charge in [-0.15, -0.1) is 0 Å². The number of carboxylic acid groups (broad SMARTS) is 1. The summed E-state index contributed by atoms with van der Waals surface area (Å²) in [6, 6.07) is 6.44. The third-order valence-corrected chi connectivity index (χ3v) is 3.40. The Bertz CT molecular complexity index is 733. The van der Waals surface area contributed by atoms with Gasteiger partial charge in [-0.1, -0.05) is 11.6 Å². The van der Waals surface area contributed by atoms with Gasteiger partial charge in [0, 0.05) is 11.6 Å². The molecule has 1 N–H and O–H groups in total. The monoisotopic (exact) mass is 323 g/mol. The number of aliphatic carboxylic acids is 1. The molecule has 0 aliphatic carbocycles. The Morgan fingerprint density at radius 2 is 2.09 bits per heavy atom. The van der Waals surface area contributed by atoms with Crippen LogP contribution in [0, 0.1) is 0 Å². The molecule has 0 bridgehead atoms. The Hall–Kier alpha value is -2.34. The summed E-state index contributed by atoms with van der Waals surface area (Å²) in [5.74, 6) is -2.30. The number of nitrogens with zero attached hydrogens (tertiary/aromatic N) is 1. The number of esters is 1. The number of carbonyl (C=O) groups is 2. The fourth-order valence-electron chi connectivity index (χ4n) is 1.86. The van der Waals surface area contributed by atoms with E-state index in [0.717, 1.165) is 6.92 Å². The normalized spacial score (nSPS) is 13.4. The van der Waals surface area contributed by atoms with Gasteiger partial charge in [0.1, 0.15) is 11.3 Å². The van der Waals surface area contributed by atoms with Gasteiger partial charge in [-0.25, -0.2) is 9.59 Å². The van der Waals surface area contributed by atoms with Gasteiger partial charge in [0.15, 0.2) is 0 Å². The van der Waals surface area contributed by atoms with Gasteiger partial charge >= 0.3 is 11.9 Å². The fraction of sp³-hybridized carbons (Fsp3) is 0.267. The van der Waals surface area contributed by atoms with E-state index in [0.29, 0.717) is 15.9 Å². The summed E-state index contributed by atoms with van der Waals surface area (Å²) in [5, 5.41) is 10.4. The molecule has 116 valence electrons. The number of hydrogen-bond acceptors (Lipinski definition) is 5. The number of carbonyl (C=O) groups excluding carboxylic acids is 1. The molecule has 22 heavy (non-hydrogen) atoms. The van der Waals surface area contributed by atoms with Crippen LogP contribution in [-0.2, 0) is 14.3 Å². The number of hydrogen-bond donors (Lipinski definition) is 1. The van der Waals surface area contributed by atoms with Crippen molar-refractivity contribution in [3.8, 4) is 5.75 Å². The minimum Gasteiger partial charge on any atom is -0.478 e. The largest absolute Gasteiger partial charge is 0.478 e. The highest BCUT2D eigenvalue weighted by Crippen LogP contribution is 2.32. The van der Waals surface area contributed by atoms with Crippen LogP contribution in [0.4, 0.5) is 0 Å². The summed E-state index contributed by atoms with van der Waals surface area (Å²) >= 11 is 6.07. The molecule has 0 aliphatic rings. The maximum Gasteiger partial charge on any atom is 0.362 e. The molecule has 7 heteroatoms. The molecule has 0 amide bonds. The number of aromatic nitrogens is 1. The van der Waals surface area contributed by atoms with Gasteiger partial charge in [0.05, 0.1) is 11.6 Å². The zero-order valence-electron chi connectivity index (χ0n) is 12.0. The molecule has 0 saturated carbocycles. The number of benzene rings is 1. The molecule has 2 rings (SSSR count). The van der Waals surface area contributed by atoms with Crippen LogP contribution in [0.2, 0.25) is 5.02 Å². The van der Waals surface area contributed by atoms with E-state index in [1.165, 1.54) is 12.3 Å². The van der Waals surface area contributed by atoms with E-state index in [2.05, 4.69) is 4.98 Å². The molecule has 1 aromatic heterocycles. The van der Waals surface area contributed by atoms with E-state index in [-0.39, 0.29) is 12.4 Å². The first-order valence-electron chi connectivity index (χ1n) is 6.53.